The van der Waals surface area contributed by atoms with E-state index >= 15 is 0 Å². The Labute approximate surface area is 118 Å². The molecule has 106 valence electrons. The van der Waals surface area contributed by atoms with Crippen molar-refractivity contribution in [2.45, 2.75) is 38.6 Å². The van der Waals surface area contributed by atoms with Crippen molar-refractivity contribution in [2.24, 2.45) is 5.92 Å². The molecule has 2 aromatic rings. The number of H-pyrrole nitrogens is 1. The lowest BCUT2D eigenvalue weighted by molar-refractivity contribution is 0.0928. The van der Waals surface area contributed by atoms with Gasteiger partial charge in [-0.25, -0.2) is 0 Å². The Morgan fingerprint density at radius 3 is 2.95 bits per heavy atom. The molecule has 0 saturated heterocycles. The Bertz CT molecular complexity index is 628. The van der Waals surface area contributed by atoms with Crippen LogP contribution in [0.1, 0.15) is 43.1 Å². The van der Waals surface area contributed by atoms with Gasteiger partial charge in [0.15, 0.2) is 0 Å². The van der Waals surface area contributed by atoms with Crippen molar-refractivity contribution >= 4 is 22.5 Å². The van der Waals surface area contributed by atoms with E-state index in [0.717, 1.165) is 29.7 Å². The van der Waals surface area contributed by atoms with Crippen LogP contribution < -0.4 is 11.1 Å². The minimum atomic E-state index is -0.0342. The highest BCUT2D eigenvalue weighted by Crippen LogP contribution is 2.34. The maximum Gasteiger partial charge on any atom is 0.267 e. The Hall–Kier alpha value is -1.97. The molecule has 1 aromatic carbocycles. The van der Waals surface area contributed by atoms with Crippen LogP contribution in [-0.2, 0) is 0 Å². The van der Waals surface area contributed by atoms with E-state index in [2.05, 4.69) is 17.2 Å². The molecule has 1 unspecified atom stereocenters. The first kappa shape index (κ1) is 13.0. The first-order chi connectivity index (χ1) is 9.67. The fourth-order valence-electron chi connectivity index (χ4n) is 2.65. The molecule has 1 heterocycles. The van der Waals surface area contributed by atoms with Crippen LogP contribution in [0.15, 0.2) is 24.3 Å². The van der Waals surface area contributed by atoms with E-state index in [1.807, 2.05) is 24.3 Å². The molecule has 1 fully saturated rings. The number of aromatic nitrogens is 1. The lowest BCUT2D eigenvalue weighted by Gasteiger charge is -2.15. The fraction of sp³-hybridized carbons (Fsp3) is 0.438. The summed E-state index contributed by atoms with van der Waals surface area (Å²) in [6.07, 6.45) is 4.71. The molecule has 1 aliphatic rings. The average molecular weight is 271 g/mol. The van der Waals surface area contributed by atoms with Crippen LogP contribution in [-0.4, -0.2) is 16.9 Å². The molecule has 0 aliphatic heterocycles. The summed E-state index contributed by atoms with van der Waals surface area (Å²) in [4.78, 5) is 15.4. The van der Waals surface area contributed by atoms with Gasteiger partial charge in [-0.2, -0.15) is 0 Å². The summed E-state index contributed by atoms with van der Waals surface area (Å²) in [6, 6.07) is 7.84. The predicted molar refractivity (Wildman–Crippen MR) is 81.6 cm³/mol. The first-order valence-corrected chi connectivity index (χ1v) is 7.35. The van der Waals surface area contributed by atoms with Gasteiger partial charge in [0.2, 0.25) is 0 Å². The van der Waals surface area contributed by atoms with Crippen molar-refractivity contribution in [1.29, 1.82) is 0 Å². The number of hydrogen-bond donors (Lipinski definition) is 3. The summed E-state index contributed by atoms with van der Waals surface area (Å²) in [5.41, 5.74) is 8.01. The van der Waals surface area contributed by atoms with Crippen molar-refractivity contribution in [2.75, 3.05) is 5.73 Å². The number of amides is 1. The third-order valence-corrected chi connectivity index (χ3v) is 4.08. The van der Waals surface area contributed by atoms with E-state index < -0.39 is 0 Å². The summed E-state index contributed by atoms with van der Waals surface area (Å²) < 4.78 is 0. The molecular weight excluding hydrogens is 250 g/mol. The Balaban J connectivity index is 1.75. The van der Waals surface area contributed by atoms with Gasteiger partial charge in [-0.05, 0) is 30.9 Å². The highest BCUT2D eigenvalue weighted by Gasteiger charge is 2.25. The molecule has 1 aromatic heterocycles. The lowest BCUT2D eigenvalue weighted by atomic mass is 10.1. The number of carbonyl (C=O) groups excluding carboxylic acids is 1. The van der Waals surface area contributed by atoms with E-state index in [-0.39, 0.29) is 11.9 Å². The van der Waals surface area contributed by atoms with Crippen molar-refractivity contribution in [3.63, 3.8) is 0 Å². The highest BCUT2D eigenvalue weighted by molar-refractivity contribution is 6.00. The lowest BCUT2D eigenvalue weighted by Crippen LogP contribution is -2.34. The van der Waals surface area contributed by atoms with Crippen molar-refractivity contribution in [3.8, 4) is 0 Å². The molecule has 1 aliphatic carbocycles. The minimum absolute atomic E-state index is 0.0342. The van der Waals surface area contributed by atoms with Crippen molar-refractivity contribution < 1.29 is 4.79 Å². The molecule has 0 spiro atoms. The fourth-order valence-corrected chi connectivity index (χ4v) is 2.65. The molecule has 4 N–H and O–H groups in total. The second kappa shape index (κ2) is 5.19. The Morgan fingerprint density at radius 2 is 2.30 bits per heavy atom. The number of fused-ring (bicyclic) bond motifs is 1. The number of para-hydroxylation sites is 1. The number of nitrogen functional groups attached to an aromatic ring is 1. The zero-order chi connectivity index (χ0) is 14.1. The summed E-state index contributed by atoms with van der Waals surface area (Å²) in [5, 5.41) is 4.10. The molecule has 4 heteroatoms. The Kier molecular flexibility index (Phi) is 3.38. The molecule has 4 nitrogen and oxygen atoms in total. The molecule has 1 saturated carbocycles. The zero-order valence-electron chi connectivity index (χ0n) is 11.8. The third kappa shape index (κ3) is 2.64. The largest absolute Gasteiger partial charge is 0.397 e. The Morgan fingerprint density at radius 1 is 1.50 bits per heavy atom. The molecule has 0 radical (unpaired) electrons. The molecular formula is C16H21N3O. The number of carbonyl (C=O) groups is 1. The maximum absolute atomic E-state index is 12.3. The van der Waals surface area contributed by atoms with Crippen LogP contribution >= 0.6 is 0 Å². The second-order valence-electron chi connectivity index (χ2n) is 5.75. The molecule has 20 heavy (non-hydrogen) atoms. The maximum atomic E-state index is 12.3. The molecule has 3 rings (SSSR count). The van der Waals surface area contributed by atoms with E-state index in [1.54, 1.807) is 0 Å². The summed E-state index contributed by atoms with van der Waals surface area (Å²) in [7, 11) is 0. The minimum Gasteiger partial charge on any atom is -0.397 e. The molecule has 0 bridgehead atoms. The molecule has 1 atom stereocenters. The van der Waals surface area contributed by atoms with Crippen LogP contribution in [0.2, 0.25) is 0 Å². The van der Waals surface area contributed by atoms with E-state index in [0.29, 0.717) is 11.4 Å². The van der Waals surface area contributed by atoms with Crippen LogP contribution in [0.4, 0.5) is 5.69 Å². The number of benzene rings is 1. The average Bonchev–Trinajstić information content (AvgIpc) is 3.13. The number of hydrogen-bond acceptors (Lipinski definition) is 2. The van der Waals surface area contributed by atoms with E-state index in [1.165, 1.54) is 12.8 Å². The van der Waals surface area contributed by atoms with Gasteiger partial charge < -0.3 is 16.0 Å². The SMILES string of the molecule is CCC(CC1CC1)NC(=O)c1cc2cccc(N)c2[nH]1. The van der Waals surface area contributed by atoms with E-state index in [4.69, 9.17) is 5.73 Å². The van der Waals surface area contributed by atoms with Crippen LogP contribution in [0.25, 0.3) is 10.9 Å². The highest BCUT2D eigenvalue weighted by atomic mass is 16.1. The first-order valence-electron chi connectivity index (χ1n) is 7.35. The molecule has 1 amide bonds. The number of nitrogens with two attached hydrogens (primary N) is 1. The second-order valence-corrected chi connectivity index (χ2v) is 5.75. The quantitative estimate of drug-likeness (QED) is 0.731. The summed E-state index contributed by atoms with van der Waals surface area (Å²) in [6.45, 7) is 2.12. The standard InChI is InChI=1S/C16H21N3O/c1-2-12(8-10-6-7-10)18-16(20)14-9-11-4-3-5-13(17)15(11)19-14/h3-5,9-10,12,19H,2,6-8,17H2,1H3,(H,18,20). The van der Waals surface area contributed by atoms with Crippen LogP contribution in [0.3, 0.4) is 0 Å². The summed E-state index contributed by atoms with van der Waals surface area (Å²) >= 11 is 0. The van der Waals surface area contributed by atoms with Gasteiger partial charge in [0.25, 0.3) is 5.91 Å². The van der Waals surface area contributed by atoms with Crippen molar-refractivity contribution in [1.82, 2.24) is 10.3 Å². The van der Waals surface area contributed by atoms with Gasteiger partial charge in [-0.1, -0.05) is 31.9 Å². The van der Waals surface area contributed by atoms with Crippen LogP contribution in [0.5, 0.6) is 0 Å². The number of rotatable bonds is 5. The van der Waals surface area contributed by atoms with Gasteiger partial charge in [-0.3, -0.25) is 4.79 Å². The predicted octanol–water partition coefficient (Wildman–Crippen LogP) is 3.06. The monoisotopic (exact) mass is 271 g/mol. The number of anilines is 1. The van der Waals surface area contributed by atoms with Gasteiger partial charge in [0.05, 0.1) is 11.2 Å². The third-order valence-electron chi connectivity index (χ3n) is 4.08. The van der Waals surface area contributed by atoms with Gasteiger partial charge >= 0.3 is 0 Å². The topological polar surface area (TPSA) is 70.9 Å². The van der Waals surface area contributed by atoms with Crippen molar-refractivity contribution in [3.05, 3.63) is 30.0 Å². The smallest absolute Gasteiger partial charge is 0.267 e. The van der Waals surface area contributed by atoms with Gasteiger partial charge in [0.1, 0.15) is 5.69 Å². The zero-order valence-corrected chi connectivity index (χ0v) is 11.8. The van der Waals surface area contributed by atoms with Crippen LogP contribution in [0, 0.1) is 5.92 Å². The van der Waals surface area contributed by atoms with Gasteiger partial charge in [0, 0.05) is 11.4 Å². The summed E-state index contributed by atoms with van der Waals surface area (Å²) in [5.74, 6) is 0.784. The number of nitrogens with one attached hydrogen (secondary N) is 2. The van der Waals surface area contributed by atoms with Gasteiger partial charge in [-0.15, -0.1) is 0 Å². The number of aromatic amines is 1. The normalized spacial score (nSPS) is 16.2. The van der Waals surface area contributed by atoms with E-state index in [9.17, 15) is 4.79 Å².